The fourth-order valence-corrected chi connectivity index (χ4v) is 4.81. The summed E-state index contributed by atoms with van der Waals surface area (Å²) in [4.78, 5) is 24.1. The Hall–Kier alpha value is -2.37. The van der Waals surface area contributed by atoms with E-state index in [1.807, 2.05) is 26.0 Å². The van der Waals surface area contributed by atoms with Crippen LogP contribution in [0.25, 0.3) is 11.2 Å². The van der Waals surface area contributed by atoms with Crippen molar-refractivity contribution in [2.45, 2.75) is 52.2 Å². The molecule has 1 amide bonds. The molecule has 0 spiro atoms. The third kappa shape index (κ3) is 4.69. The fourth-order valence-electron chi connectivity index (χ4n) is 4.09. The number of nitrogens with one attached hydrogen (secondary N) is 1. The first-order valence-corrected chi connectivity index (χ1v) is 11.7. The number of halogens is 3. The number of hydrogen-bond donors (Lipinski definition) is 2. The van der Waals surface area contributed by atoms with E-state index < -0.39 is 12.2 Å². The summed E-state index contributed by atoms with van der Waals surface area (Å²) in [7, 11) is 0. The highest BCUT2D eigenvalue weighted by Gasteiger charge is 2.24. The van der Waals surface area contributed by atoms with Gasteiger partial charge in [-0.05, 0) is 64.1 Å². The Bertz CT molecular complexity index is 1180. The summed E-state index contributed by atoms with van der Waals surface area (Å²) < 4.78 is 31.0. The van der Waals surface area contributed by atoms with Crippen molar-refractivity contribution in [1.29, 1.82) is 0 Å². The highest BCUT2D eigenvalue weighted by molar-refractivity contribution is 14.1. The second kappa shape index (κ2) is 9.24. The highest BCUT2D eigenvalue weighted by Crippen LogP contribution is 2.36. The molecule has 0 radical (unpaired) electrons. The maximum absolute atomic E-state index is 14.3. The second-order valence-electron chi connectivity index (χ2n) is 8.50. The van der Waals surface area contributed by atoms with Crippen molar-refractivity contribution in [3.8, 4) is 0 Å². The van der Waals surface area contributed by atoms with Crippen LogP contribution in [0.1, 0.15) is 55.4 Å². The Kier molecular flexibility index (Phi) is 6.59. The predicted molar refractivity (Wildman–Crippen MR) is 126 cm³/mol. The van der Waals surface area contributed by atoms with E-state index in [-0.39, 0.29) is 23.3 Å². The quantitative estimate of drug-likeness (QED) is 0.342. The molecule has 3 aromatic rings. The van der Waals surface area contributed by atoms with E-state index in [2.05, 4.69) is 42.9 Å². The van der Waals surface area contributed by atoms with Crippen LogP contribution < -0.4 is 11.1 Å². The molecule has 1 unspecified atom stereocenters. The number of carbonyl (C=O) groups excluding carboxylic acids is 1. The summed E-state index contributed by atoms with van der Waals surface area (Å²) >= 11 is 2.25. The largest absolute Gasteiger partial charge is 0.382 e. The summed E-state index contributed by atoms with van der Waals surface area (Å²) in [6.07, 6.45) is 0.196. The lowest BCUT2D eigenvalue weighted by Crippen LogP contribution is -2.28. The minimum absolute atomic E-state index is 0.0381. The zero-order chi connectivity index (χ0) is 23.0. The molecule has 32 heavy (non-hydrogen) atoms. The molecule has 2 heterocycles. The van der Waals surface area contributed by atoms with E-state index in [4.69, 9.17) is 5.73 Å². The van der Waals surface area contributed by atoms with E-state index in [0.717, 1.165) is 26.7 Å². The van der Waals surface area contributed by atoms with Crippen LogP contribution in [0.2, 0.25) is 0 Å². The molecule has 7 nitrogen and oxygen atoms in total. The maximum atomic E-state index is 14.3. The molecule has 0 aliphatic heterocycles. The zero-order valence-electron chi connectivity index (χ0n) is 18.0. The van der Waals surface area contributed by atoms with Gasteiger partial charge in [-0.2, -0.15) is 14.4 Å². The molecule has 2 aromatic heterocycles. The number of rotatable bonds is 7. The van der Waals surface area contributed by atoms with Crippen LogP contribution >= 0.6 is 22.6 Å². The van der Waals surface area contributed by atoms with Gasteiger partial charge in [-0.3, -0.25) is 4.79 Å². The van der Waals surface area contributed by atoms with Crippen LogP contribution in [0.3, 0.4) is 0 Å². The van der Waals surface area contributed by atoms with Crippen LogP contribution in [0.15, 0.2) is 12.1 Å². The summed E-state index contributed by atoms with van der Waals surface area (Å²) in [5.41, 5.74) is 9.20. The Morgan fingerprint density at radius 3 is 2.88 bits per heavy atom. The van der Waals surface area contributed by atoms with Gasteiger partial charge in [0.05, 0.1) is 0 Å². The van der Waals surface area contributed by atoms with E-state index in [1.54, 1.807) is 4.57 Å². The first-order valence-electron chi connectivity index (χ1n) is 10.6. The number of nitrogens with zero attached hydrogens (tertiary/aromatic N) is 4. The Morgan fingerprint density at radius 2 is 2.12 bits per heavy atom. The average molecular weight is 554 g/mol. The summed E-state index contributed by atoms with van der Waals surface area (Å²) in [5.74, 6) is 0.774. The molecule has 0 bridgehead atoms. The molecule has 1 aromatic carbocycles. The molecule has 10 heteroatoms. The molecule has 4 rings (SSSR count). The summed E-state index contributed by atoms with van der Waals surface area (Å²) in [6.45, 7) is 4.63. The number of aromatic nitrogens is 4. The van der Waals surface area contributed by atoms with Gasteiger partial charge >= 0.3 is 6.08 Å². The smallest absolute Gasteiger partial charge is 0.312 e. The van der Waals surface area contributed by atoms with Gasteiger partial charge in [-0.15, -0.1) is 0 Å². The van der Waals surface area contributed by atoms with E-state index in [0.29, 0.717) is 43.7 Å². The van der Waals surface area contributed by atoms with Crippen molar-refractivity contribution in [2.75, 3.05) is 12.3 Å². The fraction of sp³-hybridized carbons (Fsp3) is 0.455. The summed E-state index contributed by atoms with van der Waals surface area (Å²) in [5, 5.41) is 2.88. The molecular formula is C22H25F2IN6O. The molecule has 1 aliphatic rings. The molecule has 3 N–H and O–H groups in total. The third-order valence-electron chi connectivity index (χ3n) is 5.59. The van der Waals surface area contributed by atoms with Crippen LogP contribution in [-0.2, 0) is 24.2 Å². The number of aryl methyl sites for hydroxylation is 1. The lowest BCUT2D eigenvalue weighted by Gasteiger charge is -2.13. The van der Waals surface area contributed by atoms with E-state index in [9.17, 15) is 13.6 Å². The second-order valence-corrected chi connectivity index (χ2v) is 9.67. The molecule has 170 valence electrons. The van der Waals surface area contributed by atoms with Crippen molar-refractivity contribution >= 4 is 45.5 Å². The highest BCUT2D eigenvalue weighted by atomic mass is 127. The number of nitrogen functional groups attached to an aromatic ring is 1. The standard InChI is InChI=1S/C22H25F2IN6O/c1-11(2)7-18(32)27-5-6-31-17(28-19-20(26)29-22(24)30-21(19)31)10-13-8-14-12(9-16(13)25)3-4-15(14)23/h8-9,11,15H,3-7,10H2,1-2H3,(H,27,32)(H2,26,29,30). The number of imidazole rings is 1. The lowest BCUT2D eigenvalue weighted by atomic mass is 10.0. The molecule has 0 saturated carbocycles. The molecule has 1 atom stereocenters. The van der Waals surface area contributed by atoms with Crippen LogP contribution in [0.4, 0.5) is 14.6 Å². The van der Waals surface area contributed by atoms with Gasteiger partial charge in [0.25, 0.3) is 0 Å². The van der Waals surface area contributed by atoms with Crippen molar-refractivity contribution in [2.24, 2.45) is 5.92 Å². The SMILES string of the molecule is CC(C)CC(=O)NCCn1c(Cc2cc3c(cc2I)CCC3F)nc2c(N)nc(F)nc21. The Morgan fingerprint density at radius 1 is 1.34 bits per heavy atom. The van der Waals surface area contributed by atoms with Gasteiger partial charge in [-0.25, -0.2) is 9.37 Å². The topological polar surface area (TPSA) is 98.7 Å². The monoisotopic (exact) mass is 554 g/mol. The minimum atomic E-state index is -0.952. The van der Waals surface area contributed by atoms with E-state index >= 15 is 0 Å². The molecule has 1 aliphatic carbocycles. The van der Waals surface area contributed by atoms with Gasteiger partial charge in [0, 0.05) is 29.5 Å². The van der Waals surface area contributed by atoms with Crippen molar-refractivity contribution in [3.63, 3.8) is 0 Å². The van der Waals surface area contributed by atoms with E-state index in [1.165, 1.54) is 0 Å². The van der Waals surface area contributed by atoms with Gasteiger partial charge in [0.15, 0.2) is 17.0 Å². The van der Waals surface area contributed by atoms with Crippen LogP contribution in [0, 0.1) is 15.6 Å². The Balaban J connectivity index is 1.66. The van der Waals surface area contributed by atoms with Gasteiger partial charge in [-0.1, -0.05) is 19.9 Å². The molecular weight excluding hydrogens is 529 g/mol. The molecule has 0 fully saturated rings. The first kappa shape index (κ1) is 22.8. The van der Waals surface area contributed by atoms with Crippen molar-refractivity contribution in [1.82, 2.24) is 24.8 Å². The van der Waals surface area contributed by atoms with Crippen LogP contribution in [-0.4, -0.2) is 32.0 Å². The first-order chi connectivity index (χ1) is 15.2. The number of fused-ring (bicyclic) bond motifs is 2. The lowest BCUT2D eigenvalue weighted by molar-refractivity contribution is -0.121. The maximum Gasteiger partial charge on any atom is 0.312 e. The Labute approximate surface area is 198 Å². The number of amides is 1. The number of anilines is 1. The van der Waals surface area contributed by atoms with Crippen molar-refractivity contribution < 1.29 is 13.6 Å². The number of benzene rings is 1. The van der Waals surface area contributed by atoms with Crippen LogP contribution in [0.5, 0.6) is 0 Å². The zero-order valence-corrected chi connectivity index (χ0v) is 20.1. The average Bonchev–Trinajstić information content (AvgIpc) is 3.23. The third-order valence-corrected chi connectivity index (χ3v) is 6.59. The predicted octanol–water partition coefficient (Wildman–Crippen LogP) is 3.86. The van der Waals surface area contributed by atoms with Gasteiger partial charge < -0.3 is 15.6 Å². The number of carbonyl (C=O) groups is 1. The normalized spacial score (nSPS) is 15.5. The van der Waals surface area contributed by atoms with Crippen molar-refractivity contribution in [3.05, 3.63) is 44.3 Å². The van der Waals surface area contributed by atoms with Gasteiger partial charge in [0.1, 0.15) is 12.0 Å². The minimum Gasteiger partial charge on any atom is -0.382 e. The molecule has 0 saturated heterocycles. The number of alkyl halides is 1. The number of hydrogen-bond acceptors (Lipinski definition) is 5. The number of nitrogens with two attached hydrogens (primary N) is 1. The van der Waals surface area contributed by atoms with Gasteiger partial charge in [0.2, 0.25) is 5.91 Å². The summed E-state index contributed by atoms with van der Waals surface area (Å²) in [6, 6.07) is 3.93.